The number of hydrogen-bond donors (Lipinski definition) is 1. The summed E-state index contributed by atoms with van der Waals surface area (Å²) in [6, 6.07) is 9.44. The Morgan fingerprint density at radius 2 is 2.07 bits per heavy atom. The van der Waals surface area contributed by atoms with E-state index in [0.717, 1.165) is 38.2 Å². The highest BCUT2D eigenvalue weighted by Crippen LogP contribution is 2.36. The number of carbonyl (C=O) groups excluding carboxylic acids is 1. The van der Waals surface area contributed by atoms with Crippen molar-refractivity contribution in [2.24, 2.45) is 5.92 Å². The van der Waals surface area contributed by atoms with E-state index in [1.54, 1.807) is 19.2 Å². The minimum absolute atomic E-state index is 0.138. The minimum atomic E-state index is -0.145. The average Bonchev–Trinajstić information content (AvgIpc) is 2.74. The topological polar surface area (TPSA) is 63.7 Å². The van der Waals surface area contributed by atoms with Crippen molar-refractivity contribution in [2.75, 3.05) is 26.8 Å². The molecule has 1 aliphatic heterocycles. The van der Waals surface area contributed by atoms with Gasteiger partial charge in [-0.2, -0.15) is 0 Å². The second-order valence-electron chi connectivity index (χ2n) is 8.04. The van der Waals surface area contributed by atoms with Crippen LogP contribution in [0, 0.1) is 5.92 Å². The van der Waals surface area contributed by atoms with Crippen molar-refractivity contribution in [1.29, 1.82) is 0 Å². The molecule has 1 saturated heterocycles. The van der Waals surface area contributed by atoms with Gasteiger partial charge in [-0.25, -0.2) is 0 Å². The number of halogens is 1. The van der Waals surface area contributed by atoms with Gasteiger partial charge in [-0.3, -0.25) is 14.7 Å². The standard InChI is InChI=1S/C23H30ClN3O3/c1-16(2)15-30-22-20(24)12-17(13-21(22)29-3)23(28)26-18-7-10-27(11-8-18)14-19-6-4-5-9-25-19/h4-6,9,12-13,16,18H,7-8,10-11,14-15H2,1-3H3,(H,26,28). The second kappa shape index (κ2) is 10.6. The summed E-state index contributed by atoms with van der Waals surface area (Å²) in [6.07, 6.45) is 3.62. The van der Waals surface area contributed by atoms with Crippen molar-refractivity contribution in [3.05, 3.63) is 52.8 Å². The van der Waals surface area contributed by atoms with E-state index in [9.17, 15) is 4.79 Å². The lowest BCUT2D eigenvalue weighted by molar-refractivity contribution is 0.0908. The summed E-state index contributed by atoms with van der Waals surface area (Å²) in [5, 5.41) is 3.51. The Hall–Kier alpha value is -2.31. The van der Waals surface area contributed by atoms with Crippen molar-refractivity contribution in [2.45, 2.75) is 39.3 Å². The first-order valence-corrected chi connectivity index (χ1v) is 10.8. The predicted octanol–water partition coefficient (Wildman–Crippen LogP) is 4.17. The van der Waals surface area contributed by atoms with E-state index in [2.05, 4.69) is 29.0 Å². The molecule has 1 aliphatic rings. The maximum Gasteiger partial charge on any atom is 0.251 e. The van der Waals surface area contributed by atoms with Crippen LogP contribution >= 0.6 is 11.6 Å². The van der Waals surface area contributed by atoms with Crippen molar-refractivity contribution in [3.8, 4) is 11.5 Å². The van der Waals surface area contributed by atoms with Gasteiger partial charge in [0, 0.05) is 37.4 Å². The summed E-state index contributed by atoms with van der Waals surface area (Å²) in [6.45, 7) is 7.33. The lowest BCUT2D eigenvalue weighted by Crippen LogP contribution is -2.44. The van der Waals surface area contributed by atoms with Gasteiger partial charge in [0.2, 0.25) is 0 Å². The number of methoxy groups -OCH3 is 1. The number of rotatable bonds is 8. The quantitative estimate of drug-likeness (QED) is 0.679. The Labute approximate surface area is 183 Å². The van der Waals surface area contributed by atoms with Crippen LogP contribution in [0.2, 0.25) is 5.02 Å². The molecule has 0 saturated carbocycles. The molecule has 0 atom stereocenters. The fourth-order valence-corrected chi connectivity index (χ4v) is 3.73. The highest BCUT2D eigenvalue weighted by molar-refractivity contribution is 6.32. The van der Waals surface area contributed by atoms with E-state index >= 15 is 0 Å². The third-order valence-corrected chi connectivity index (χ3v) is 5.37. The number of aromatic nitrogens is 1. The van der Waals surface area contributed by atoms with Crippen molar-refractivity contribution >= 4 is 17.5 Å². The van der Waals surface area contributed by atoms with Gasteiger partial charge in [0.25, 0.3) is 5.91 Å². The van der Waals surface area contributed by atoms with E-state index < -0.39 is 0 Å². The average molecular weight is 432 g/mol. The molecule has 2 heterocycles. The first kappa shape index (κ1) is 22.4. The maximum atomic E-state index is 12.8. The van der Waals surface area contributed by atoms with Gasteiger partial charge in [-0.05, 0) is 43.0 Å². The zero-order valence-corrected chi connectivity index (χ0v) is 18.6. The monoisotopic (exact) mass is 431 g/mol. The van der Waals surface area contributed by atoms with Crippen LogP contribution in [0.3, 0.4) is 0 Å². The van der Waals surface area contributed by atoms with Gasteiger partial charge in [-0.15, -0.1) is 0 Å². The fraction of sp³-hybridized carbons (Fsp3) is 0.478. The Kier molecular flexibility index (Phi) is 7.94. The van der Waals surface area contributed by atoms with E-state index in [1.807, 2.05) is 24.4 Å². The van der Waals surface area contributed by atoms with E-state index in [1.165, 1.54) is 0 Å². The van der Waals surface area contributed by atoms with Gasteiger partial charge in [0.1, 0.15) is 0 Å². The molecule has 30 heavy (non-hydrogen) atoms. The van der Waals surface area contributed by atoms with Crippen molar-refractivity contribution in [1.82, 2.24) is 15.2 Å². The summed E-state index contributed by atoms with van der Waals surface area (Å²) >= 11 is 6.38. The second-order valence-corrected chi connectivity index (χ2v) is 8.45. The molecule has 0 unspecified atom stereocenters. The number of hydrogen-bond acceptors (Lipinski definition) is 5. The molecule has 1 aromatic heterocycles. The maximum absolute atomic E-state index is 12.8. The number of nitrogens with zero attached hydrogens (tertiary/aromatic N) is 2. The summed E-state index contributed by atoms with van der Waals surface area (Å²) in [5.74, 6) is 1.16. The number of likely N-dealkylation sites (tertiary alicyclic amines) is 1. The summed E-state index contributed by atoms with van der Waals surface area (Å²) in [5.41, 5.74) is 1.55. The summed E-state index contributed by atoms with van der Waals surface area (Å²) in [4.78, 5) is 19.5. The fourth-order valence-electron chi connectivity index (χ4n) is 3.47. The Bertz CT molecular complexity index is 837. The third kappa shape index (κ3) is 6.09. The van der Waals surface area contributed by atoms with Gasteiger partial charge in [0.05, 0.1) is 24.4 Å². The van der Waals surface area contributed by atoms with Gasteiger partial charge < -0.3 is 14.8 Å². The molecular weight excluding hydrogens is 402 g/mol. The van der Waals surface area contributed by atoms with Gasteiger partial charge in [-0.1, -0.05) is 31.5 Å². The van der Waals surface area contributed by atoms with E-state index in [4.69, 9.17) is 21.1 Å². The predicted molar refractivity (Wildman–Crippen MR) is 118 cm³/mol. The Morgan fingerprint density at radius 1 is 1.30 bits per heavy atom. The molecule has 3 rings (SSSR count). The lowest BCUT2D eigenvalue weighted by Gasteiger charge is -2.32. The lowest BCUT2D eigenvalue weighted by atomic mass is 10.0. The first-order valence-electron chi connectivity index (χ1n) is 10.4. The normalized spacial score (nSPS) is 15.2. The third-order valence-electron chi connectivity index (χ3n) is 5.09. The minimum Gasteiger partial charge on any atom is -0.493 e. The molecule has 7 heteroatoms. The van der Waals surface area contributed by atoms with Crippen LogP contribution in [-0.4, -0.2) is 48.6 Å². The number of benzene rings is 1. The van der Waals surface area contributed by atoms with Crippen LogP contribution < -0.4 is 14.8 Å². The van der Waals surface area contributed by atoms with Crippen molar-refractivity contribution in [3.63, 3.8) is 0 Å². The number of ether oxygens (including phenoxy) is 2. The number of nitrogens with one attached hydrogen (secondary N) is 1. The molecule has 1 aromatic carbocycles. The van der Waals surface area contributed by atoms with E-state index in [0.29, 0.717) is 34.6 Å². The molecular formula is C23H30ClN3O3. The SMILES string of the molecule is COc1cc(C(=O)NC2CCN(Cc3ccccn3)CC2)cc(Cl)c1OCC(C)C. The Morgan fingerprint density at radius 3 is 2.70 bits per heavy atom. The number of carbonyl (C=O) groups is 1. The van der Waals surface area contributed by atoms with Crippen LogP contribution in [0.1, 0.15) is 42.7 Å². The molecule has 0 spiro atoms. The summed E-state index contributed by atoms with van der Waals surface area (Å²) in [7, 11) is 1.55. The molecule has 0 radical (unpaired) electrons. The number of pyridine rings is 1. The molecule has 6 nitrogen and oxygen atoms in total. The molecule has 162 valence electrons. The molecule has 1 amide bonds. The molecule has 2 aromatic rings. The van der Waals surface area contributed by atoms with Crippen molar-refractivity contribution < 1.29 is 14.3 Å². The first-order chi connectivity index (χ1) is 14.5. The molecule has 1 N–H and O–H groups in total. The molecule has 0 bridgehead atoms. The van der Waals surface area contributed by atoms with Crippen LogP contribution in [0.15, 0.2) is 36.5 Å². The van der Waals surface area contributed by atoms with Crippen LogP contribution in [0.25, 0.3) is 0 Å². The molecule has 0 aliphatic carbocycles. The van der Waals surface area contributed by atoms with Crippen LogP contribution in [0.4, 0.5) is 0 Å². The Balaban J connectivity index is 1.56. The zero-order valence-electron chi connectivity index (χ0n) is 17.9. The smallest absolute Gasteiger partial charge is 0.251 e. The zero-order chi connectivity index (χ0) is 21.5. The van der Waals surface area contributed by atoms with Gasteiger partial charge in [0.15, 0.2) is 11.5 Å². The summed E-state index contributed by atoms with van der Waals surface area (Å²) < 4.78 is 11.2. The van der Waals surface area contributed by atoms with Gasteiger partial charge >= 0.3 is 0 Å². The number of piperidine rings is 1. The molecule has 1 fully saturated rings. The highest BCUT2D eigenvalue weighted by atomic mass is 35.5. The largest absolute Gasteiger partial charge is 0.493 e. The van der Waals surface area contributed by atoms with E-state index in [-0.39, 0.29) is 11.9 Å². The highest BCUT2D eigenvalue weighted by Gasteiger charge is 2.23. The van der Waals surface area contributed by atoms with Crippen LogP contribution in [-0.2, 0) is 6.54 Å². The number of amides is 1. The van der Waals surface area contributed by atoms with Crippen LogP contribution in [0.5, 0.6) is 11.5 Å².